The van der Waals surface area contributed by atoms with Crippen LogP contribution in [0.3, 0.4) is 0 Å². The first-order valence-electron chi connectivity index (χ1n) is 29.7. The first kappa shape index (κ1) is 81.0. The maximum absolute atomic E-state index is 14.3. The lowest BCUT2D eigenvalue weighted by molar-refractivity contribution is -0.142. The highest BCUT2D eigenvalue weighted by Crippen LogP contribution is 2.15. The third-order valence-corrected chi connectivity index (χ3v) is 13.7. The van der Waals surface area contributed by atoms with Crippen molar-refractivity contribution in [2.45, 2.75) is 159 Å². The van der Waals surface area contributed by atoms with Crippen molar-refractivity contribution in [3.8, 4) is 5.75 Å². The van der Waals surface area contributed by atoms with Crippen LogP contribution in [0.25, 0.3) is 0 Å². The molecule has 96 heavy (non-hydrogen) atoms. The van der Waals surface area contributed by atoms with Crippen LogP contribution in [0.15, 0.2) is 41.8 Å². The van der Waals surface area contributed by atoms with Crippen LogP contribution < -0.4 is 92.9 Å². The number of aliphatic imine (C=N–C) groups is 1. The second kappa shape index (κ2) is 40.1. The summed E-state index contributed by atoms with van der Waals surface area (Å²) in [5, 5.41) is 64.5. The number of aliphatic carboxylic acids is 2. The van der Waals surface area contributed by atoms with Gasteiger partial charge in [0.05, 0.1) is 44.8 Å². The zero-order valence-electron chi connectivity index (χ0n) is 53.1. The minimum Gasteiger partial charge on any atom is -0.508 e. The minimum absolute atomic E-state index is 0.0127. The molecule has 0 aliphatic carbocycles. The summed E-state index contributed by atoms with van der Waals surface area (Å²) < 4.78 is 0. The summed E-state index contributed by atoms with van der Waals surface area (Å²) in [5.41, 5.74) is 33.0. The Morgan fingerprint density at radius 1 is 0.510 bits per heavy atom. The Kier molecular flexibility index (Phi) is 33.9. The Hall–Kier alpha value is -11.1. The van der Waals surface area contributed by atoms with E-state index in [-0.39, 0.29) is 43.9 Å². The predicted octanol–water partition coefficient (Wildman–Crippen LogP) is -9.85. The molecule has 530 valence electrons. The molecule has 0 aliphatic heterocycles. The van der Waals surface area contributed by atoms with Crippen molar-refractivity contribution < 1.29 is 97.1 Å². The lowest BCUT2D eigenvalue weighted by Crippen LogP contribution is -2.62. The predicted molar refractivity (Wildman–Crippen MR) is 333 cm³/mol. The molecule has 0 bridgehead atoms. The second-order valence-corrected chi connectivity index (χ2v) is 22.6. The van der Waals surface area contributed by atoms with E-state index >= 15 is 0 Å². The third-order valence-electron chi connectivity index (χ3n) is 13.7. The number of phenols is 1. The van der Waals surface area contributed by atoms with E-state index < -0.39 is 218 Å². The molecule has 0 spiro atoms. The maximum atomic E-state index is 14.3. The number of phenolic OH excluding ortho intramolecular Hbond substituents is 1. The number of benzene rings is 1. The number of aliphatic hydroxyl groups is 1. The number of hydrogen-bond acceptors (Lipinski definition) is 21. The fraction of sp³-hybridized carbons (Fsp3) is 0.536. The second-order valence-electron chi connectivity index (χ2n) is 22.6. The first-order chi connectivity index (χ1) is 44.9. The van der Waals surface area contributed by atoms with E-state index in [1.807, 2.05) is 16.0 Å². The number of imidazole rings is 1. The first-order valence-corrected chi connectivity index (χ1v) is 29.7. The average molecular weight is 1360 g/mol. The van der Waals surface area contributed by atoms with Gasteiger partial charge in [0.25, 0.3) is 0 Å². The maximum Gasteiger partial charge on any atom is 0.326 e. The van der Waals surface area contributed by atoms with Gasteiger partial charge in [0, 0.05) is 37.7 Å². The van der Waals surface area contributed by atoms with Gasteiger partial charge in [0.15, 0.2) is 5.96 Å². The summed E-state index contributed by atoms with van der Waals surface area (Å²) in [6, 6.07) is -12.9. The SMILES string of the molecule is CC(C)[C@H](NC(=O)[C@H](CCC(N)=O)NC(=O)[C@H](Cc1ccc(O)cc1)NC(=O)[C@H](Cc1cnc[nH]1)NC(=O)[C@H](C)N)C(=O)N[C@H](C(=O)N[C@@H](CC(=O)O)C(=O)N[C@@H](CO)C(=O)N[C@@H](CC(N)=O)C(=O)NCC(=O)N[C@@H](CC(N)=O)C(=O)N[C@@H](CCCN=C(N)N)C(=O)O)C(C)C. The van der Waals surface area contributed by atoms with Crippen LogP contribution in [0.1, 0.15) is 90.8 Å². The van der Waals surface area contributed by atoms with Crippen LogP contribution in [0.4, 0.5) is 0 Å². The molecule has 1 aromatic heterocycles. The Morgan fingerprint density at radius 3 is 1.45 bits per heavy atom. The number of aliphatic hydroxyl groups excluding tert-OH is 1. The largest absolute Gasteiger partial charge is 0.508 e. The quantitative estimate of drug-likeness (QED) is 0.0167. The Morgan fingerprint density at radius 2 is 0.958 bits per heavy atom. The van der Waals surface area contributed by atoms with Crippen molar-refractivity contribution in [3.05, 3.63) is 48.0 Å². The number of nitrogens with two attached hydrogens (primary N) is 6. The number of carboxylic acid groups (broad SMARTS) is 2. The number of primary amides is 3. The van der Waals surface area contributed by atoms with Gasteiger partial charge in [-0.05, 0) is 55.7 Å². The van der Waals surface area contributed by atoms with E-state index in [4.69, 9.17) is 34.4 Å². The zero-order valence-corrected chi connectivity index (χ0v) is 53.1. The summed E-state index contributed by atoms with van der Waals surface area (Å²) in [6.07, 6.45) is -1.90. The van der Waals surface area contributed by atoms with Crippen LogP contribution >= 0.6 is 0 Å². The van der Waals surface area contributed by atoms with Crippen molar-refractivity contribution in [2.75, 3.05) is 19.7 Å². The van der Waals surface area contributed by atoms with Crippen molar-refractivity contribution in [1.82, 2.24) is 68.5 Å². The summed E-state index contributed by atoms with van der Waals surface area (Å²) in [4.78, 5) is 220. The van der Waals surface area contributed by atoms with Gasteiger partial charge in [-0.1, -0.05) is 39.8 Å². The summed E-state index contributed by atoms with van der Waals surface area (Å²) >= 11 is 0. The van der Waals surface area contributed by atoms with Crippen molar-refractivity contribution >= 4 is 101 Å². The normalized spacial score (nSPS) is 14.4. The molecule has 28 N–H and O–H groups in total. The van der Waals surface area contributed by atoms with Gasteiger partial charge in [-0.25, -0.2) is 9.78 Å². The molecule has 40 nitrogen and oxygen atoms in total. The number of aromatic amines is 1. The van der Waals surface area contributed by atoms with Crippen molar-refractivity contribution in [1.29, 1.82) is 0 Å². The molecule has 2 aromatic rings. The van der Waals surface area contributed by atoms with Crippen molar-refractivity contribution in [3.63, 3.8) is 0 Å². The molecule has 0 saturated heterocycles. The molecule has 0 fully saturated rings. The number of aromatic nitrogens is 2. The fourth-order valence-electron chi connectivity index (χ4n) is 8.65. The fourth-order valence-corrected chi connectivity index (χ4v) is 8.65. The van der Waals surface area contributed by atoms with Gasteiger partial charge < -0.3 is 118 Å². The smallest absolute Gasteiger partial charge is 0.326 e. The number of nitrogens with zero attached hydrogens (tertiary/aromatic N) is 2. The van der Waals surface area contributed by atoms with E-state index in [1.54, 1.807) is 0 Å². The van der Waals surface area contributed by atoms with Gasteiger partial charge in [-0.15, -0.1) is 0 Å². The summed E-state index contributed by atoms with van der Waals surface area (Å²) in [5.74, 6) is -21.2. The molecular formula is C56H86N20O20. The summed E-state index contributed by atoms with van der Waals surface area (Å²) in [7, 11) is 0. The Balaban J connectivity index is 2.33. The summed E-state index contributed by atoms with van der Waals surface area (Å²) in [6.45, 7) is 4.82. The van der Waals surface area contributed by atoms with E-state index in [9.17, 15) is 97.1 Å². The van der Waals surface area contributed by atoms with E-state index in [1.165, 1.54) is 71.4 Å². The lowest BCUT2D eigenvalue weighted by Gasteiger charge is -2.30. The monoisotopic (exact) mass is 1360 g/mol. The number of rotatable bonds is 43. The number of hydrogen-bond donors (Lipinski definition) is 22. The number of H-pyrrole nitrogens is 1. The van der Waals surface area contributed by atoms with Crippen LogP contribution in [-0.2, 0) is 89.6 Å². The Labute approximate surface area is 548 Å². The third kappa shape index (κ3) is 29.7. The topological polar surface area (TPSA) is 684 Å². The molecule has 2 rings (SSSR count). The van der Waals surface area contributed by atoms with Crippen molar-refractivity contribution in [2.24, 2.45) is 51.2 Å². The highest BCUT2D eigenvalue weighted by Gasteiger charge is 2.38. The number of carbonyl (C=O) groups is 16. The molecule has 40 heteroatoms. The molecule has 14 amide bonds. The molecule has 11 atom stereocenters. The van der Waals surface area contributed by atoms with Crippen LogP contribution in [0.2, 0.25) is 0 Å². The number of guanidine groups is 1. The number of carboxylic acids is 2. The molecule has 1 aromatic carbocycles. The Bertz CT molecular complexity index is 3120. The molecule has 1 heterocycles. The molecule has 0 saturated carbocycles. The molecule has 0 aliphatic rings. The standard InChI is InChI=1S/C56H86N20O20/c1-24(2)43(76-54(94)44(25(3)4)75-47(87)30(12-13-38(58)79)68-48(88)32(15-27-8-10-29(78)11-9-27)71-49(89)33(70-45(85)26(5)57)16-28-20-63-23-66-28)53(93)73-36(19-42(83)84)51(91)74-37(22-77)52(92)72-34(17-39(59)80)46(86)65-21-41(82)67-35(18-40(60)81)50(90)69-31(55(95)96)7-6-14-64-56(61)62/h8-11,20,23-26,30-37,43-44,77-78H,6-7,12-19,21-22,57H2,1-5H3,(H2,58,79)(H2,59,80)(H2,60,81)(H,63,66)(H,65,86)(H,67,82)(H,68,88)(H,69,90)(H,70,85)(H,71,89)(H,72,92)(H,73,93)(H,74,91)(H,75,87)(H,76,94)(H,83,84)(H,95,96)(H4,61,62,64)/t26-,30-,31-,32-,33-,34-,35-,36-,37-,43-,44-/m0/s1. The van der Waals surface area contributed by atoms with Crippen LogP contribution in [-0.4, -0.2) is 217 Å². The molecule has 0 radical (unpaired) electrons. The zero-order chi connectivity index (χ0) is 72.7. The number of aromatic hydroxyl groups is 1. The highest BCUT2D eigenvalue weighted by molar-refractivity contribution is 6.01. The van der Waals surface area contributed by atoms with Gasteiger partial charge >= 0.3 is 11.9 Å². The highest BCUT2D eigenvalue weighted by atomic mass is 16.4. The van der Waals surface area contributed by atoms with Crippen LogP contribution in [0, 0.1) is 11.8 Å². The van der Waals surface area contributed by atoms with Gasteiger partial charge in [-0.3, -0.25) is 76.9 Å². The average Bonchev–Trinajstić information content (AvgIpc) is 1.13. The number of nitrogens with one attached hydrogen (secondary N) is 12. The van der Waals surface area contributed by atoms with Gasteiger partial charge in [0.1, 0.15) is 66.2 Å². The number of carbonyl (C=O) groups excluding carboxylic acids is 14. The van der Waals surface area contributed by atoms with E-state index in [0.29, 0.717) is 11.3 Å². The van der Waals surface area contributed by atoms with Gasteiger partial charge in [-0.2, -0.15) is 0 Å². The number of amides is 14. The van der Waals surface area contributed by atoms with E-state index in [2.05, 4.69) is 57.5 Å². The minimum atomic E-state index is -2.10. The molecular weight excluding hydrogens is 1270 g/mol. The molecule has 0 unspecified atom stereocenters. The van der Waals surface area contributed by atoms with Crippen LogP contribution in [0.5, 0.6) is 5.75 Å². The lowest BCUT2D eigenvalue weighted by atomic mass is 9.98. The van der Waals surface area contributed by atoms with Gasteiger partial charge in [0.2, 0.25) is 82.7 Å². The van der Waals surface area contributed by atoms with E-state index in [0.717, 1.165) is 0 Å².